The molecule has 0 saturated carbocycles. The van der Waals surface area contributed by atoms with Gasteiger partial charge in [0.1, 0.15) is 0 Å². The van der Waals surface area contributed by atoms with Crippen LogP contribution in [0.1, 0.15) is 0 Å². The summed E-state index contributed by atoms with van der Waals surface area (Å²) in [6.07, 6.45) is -7.53. The molecule has 0 aliphatic carbocycles. The zero-order valence-electron chi connectivity index (χ0n) is 66.8. The first-order chi connectivity index (χ1) is 61.2. The standard InChI is InChI=1S/C112H69F9O3S2/c113-109(114,111(117,118)119)110(115,116)112(120,121)126(122,123)124-125(106-100(94-58-22-40-73-31-4-13-49-85(73)94)64-79(91-55-19-37-70-28-1-10-46-82(70)91)65-101(106)95-59-23-41-74-32-5-14-50-86(74)95,107-102(96-60-24-42-75-33-6-15-51-87(75)96)66-80(92-56-20-38-71-29-2-11-47-83(71)92)67-103(107)97-61-25-43-76-34-7-16-52-88(76)97)108-104(98-62-26-44-77-35-8-17-53-89(77)98)68-81(93-57-21-39-72-30-3-12-48-84(72)93)69-105(108)99-63-27-45-78-36-9-18-54-90(78)99/h1-69H. The Morgan fingerprint density at radius 1 is 0.183 bits per heavy atom. The van der Waals surface area contributed by atoms with Gasteiger partial charge in [0.2, 0.25) is 0 Å². The lowest BCUT2D eigenvalue weighted by molar-refractivity contribution is -0.382. The van der Waals surface area contributed by atoms with Gasteiger partial charge < -0.3 is 0 Å². The third-order valence-electron chi connectivity index (χ3n) is 24.5. The normalized spacial score (nSPS) is 12.7. The highest BCUT2D eigenvalue weighted by molar-refractivity contribution is 8.33. The number of halogens is 9. The Bertz CT molecular complexity index is 7120. The van der Waals surface area contributed by atoms with E-state index in [4.69, 9.17) is 3.63 Å². The van der Waals surface area contributed by atoms with Crippen LogP contribution < -0.4 is 0 Å². The van der Waals surface area contributed by atoms with Crippen molar-refractivity contribution in [3.63, 3.8) is 0 Å². The van der Waals surface area contributed by atoms with Gasteiger partial charge >= 0.3 is 33.4 Å². The average Bonchev–Trinajstić information content (AvgIpc) is 0.674. The molecular weight excluding hydrogens is 1630 g/mol. The maximum absolute atomic E-state index is 19.7. The van der Waals surface area contributed by atoms with Crippen LogP contribution in [-0.4, -0.2) is 31.7 Å². The minimum atomic E-state index is -8.31. The van der Waals surface area contributed by atoms with Crippen LogP contribution in [0.2, 0.25) is 0 Å². The lowest BCUT2D eigenvalue weighted by Gasteiger charge is -2.47. The second kappa shape index (κ2) is 30.5. The van der Waals surface area contributed by atoms with Crippen LogP contribution in [0.25, 0.3) is 197 Å². The van der Waals surface area contributed by atoms with E-state index in [-0.39, 0.29) is 48.1 Å². The summed E-state index contributed by atoms with van der Waals surface area (Å²) in [5.41, 5.74) is 5.17. The van der Waals surface area contributed by atoms with Crippen molar-refractivity contribution in [1.82, 2.24) is 0 Å². The summed E-state index contributed by atoms with van der Waals surface area (Å²) in [6.45, 7) is 0. The summed E-state index contributed by atoms with van der Waals surface area (Å²) in [6, 6.07) is 128. The Balaban J connectivity index is 1.14. The monoisotopic (exact) mass is 1700 g/mol. The van der Waals surface area contributed by atoms with Crippen molar-refractivity contribution in [1.29, 1.82) is 0 Å². The topological polar surface area (TPSA) is 43.4 Å². The molecule has 610 valence electrons. The Hall–Kier alpha value is -14.4. The van der Waals surface area contributed by atoms with E-state index in [1.165, 1.54) is 0 Å². The van der Waals surface area contributed by atoms with Crippen LogP contribution in [0.3, 0.4) is 0 Å². The van der Waals surface area contributed by atoms with E-state index in [1.807, 2.05) is 346 Å². The summed E-state index contributed by atoms with van der Waals surface area (Å²) < 4.78 is 201. The second-order valence-corrected chi connectivity index (χ2v) is 36.0. The van der Waals surface area contributed by atoms with Gasteiger partial charge in [0.05, 0.1) is 0 Å². The van der Waals surface area contributed by atoms with Crippen molar-refractivity contribution in [2.75, 3.05) is 0 Å². The molecule has 21 aromatic carbocycles. The van der Waals surface area contributed by atoms with E-state index < -0.39 is 43.7 Å². The van der Waals surface area contributed by atoms with E-state index in [2.05, 4.69) is 0 Å². The van der Waals surface area contributed by atoms with Gasteiger partial charge in [0.15, 0.2) is 0 Å². The molecule has 0 amide bonds. The number of alkyl halides is 9. The van der Waals surface area contributed by atoms with Gasteiger partial charge in [-0.2, -0.15) is 47.9 Å². The lowest BCUT2D eigenvalue weighted by atomic mass is 9.88. The molecule has 0 spiro atoms. The van der Waals surface area contributed by atoms with Crippen LogP contribution in [0.5, 0.6) is 0 Å². The molecule has 0 saturated heterocycles. The quantitative estimate of drug-likeness (QED) is 0.0854. The molecule has 3 nitrogen and oxygen atoms in total. The number of benzene rings is 21. The summed E-state index contributed by atoms with van der Waals surface area (Å²) in [7, 11) is -14.2. The van der Waals surface area contributed by atoms with Gasteiger partial charge in [-0.15, -0.1) is 0 Å². The number of hydrogen-bond acceptors (Lipinski definition) is 3. The molecule has 0 aromatic heterocycles. The summed E-state index contributed by atoms with van der Waals surface area (Å²) in [5.74, 6) is -15.7. The molecule has 0 atom stereocenters. The summed E-state index contributed by atoms with van der Waals surface area (Å²) >= 11 is 0. The van der Waals surface area contributed by atoms with Crippen LogP contribution in [-0.2, 0) is 13.7 Å². The number of rotatable bonds is 17. The van der Waals surface area contributed by atoms with Crippen molar-refractivity contribution in [2.45, 2.75) is 38.0 Å². The first-order valence-corrected chi connectivity index (χ1v) is 44.0. The van der Waals surface area contributed by atoms with Crippen molar-refractivity contribution < 1.29 is 51.6 Å². The third kappa shape index (κ3) is 12.7. The van der Waals surface area contributed by atoms with E-state index in [1.54, 1.807) is 72.8 Å². The summed E-state index contributed by atoms with van der Waals surface area (Å²) in [5, 5.41) is 3.58. The predicted molar refractivity (Wildman–Crippen MR) is 499 cm³/mol. The maximum atomic E-state index is 19.7. The fraction of sp³-hybridized carbons (Fsp3) is 0.0357. The molecule has 0 fully saturated rings. The van der Waals surface area contributed by atoms with E-state index in [0.29, 0.717) is 131 Å². The fourth-order valence-electron chi connectivity index (χ4n) is 18.8. The molecule has 0 N–H and O–H groups in total. The van der Waals surface area contributed by atoms with Gasteiger partial charge in [-0.1, -0.05) is 382 Å². The van der Waals surface area contributed by atoms with Gasteiger partial charge in [-0.05, 0) is 244 Å². The van der Waals surface area contributed by atoms with Crippen LogP contribution in [0, 0.1) is 0 Å². The predicted octanol–water partition coefficient (Wildman–Crippen LogP) is 33.0. The Morgan fingerprint density at radius 2 is 0.341 bits per heavy atom. The zero-order valence-corrected chi connectivity index (χ0v) is 68.4. The molecule has 21 rings (SSSR count). The smallest absolute Gasteiger partial charge is 0.202 e. The molecule has 14 heteroatoms. The van der Waals surface area contributed by atoms with E-state index >= 15 is 47.9 Å². The van der Waals surface area contributed by atoms with Gasteiger partial charge in [-0.3, -0.25) is 0 Å². The molecule has 21 aromatic rings. The van der Waals surface area contributed by atoms with Crippen molar-refractivity contribution in [3.8, 4) is 100 Å². The van der Waals surface area contributed by atoms with Gasteiger partial charge in [0, 0.05) is 14.7 Å². The van der Waals surface area contributed by atoms with Crippen LogP contribution in [0.4, 0.5) is 39.5 Å². The molecular formula is C112H69F9O3S2. The molecule has 0 unspecified atom stereocenters. The zero-order chi connectivity index (χ0) is 86.0. The molecule has 126 heavy (non-hydrogen) atoms. The first-order valence-electron chi connectivity index (χ1n) is 41.0. The molecule has 0 radical (unpaired) electrons. The first kappa shape index (κ1) is 78.8. The van der Waals surface area contributed by atoms with Gasteiger partial charge in [0.25, 0.3) is 0 Å². The molecule has 0 bridgehead atoms. The number of hydrogen-bond donors (Lipinski definition) is 0. The average molecular weight is 1700 g/mol. The van der Waals surface area contributed by atoms with Crippen molar-refractivity contribution in [3.05, 3.63) is 419 Å². The van der Waals surface area contributed by atoms with Gasteiger partial charge in [-0.25, -0.2) is 3.63 Å². The largest absolute Gasteiger partial charge is 0.460 e. The number of fused-ring (bicyclic) bond motifs is 9. The Kier molecular flexibility index (Phi) is 19.1. The van der Waals surface area contributed by atoms with Crippen LogP contribution >= 0.6 is 10.3 Å². The molecule has 0 aliphatic rings. The highest BCUT2D eigenvalue weighted by atomic mass is 32.3. The maximum Gasteiger partial charge on any atom is 0.460 e. The Morgan fingerprint density at radius 3 is 0.524 bits per heavy atom. The third-order valence-corrected chi connectivity index (χ3v) is 30.0. The lowest BCUT2D eigenvalue weighted by Crippen LogP contribution is -2.63. The van der Waals surface area contributed by atoms with Crippen LogP contribution in [0.15, 0.2) is 433 Å². The Labute approximate surface area is 720 Å². The highest BCUT2D eigenvalue weighted by Gasteiger charge is 2.86. The van der Waals surface area contributed by atoms with Crippen molar-refractivity contribution >= 4 is 117 Å². The molecule has 0 aliphatic heterocycles. The van der Waals surface area contributed by atoms with Crippen molar-refractivity contribution in [2.24, 2.45) is 0 Å². The SMILES string of the molecule is O=S(=O)(OS(c1c(-c2cccc3ccccc23)cc(-c2cccc3ccccc23)cc1-c1cccc2ccccc12)(c1c(-c2cccc3ccccc23)cc(-c2cccc3ccccc23)cc1-c1cccc2ccccc12)c1c(-c2cccc3ccccc23)cc(-c2cccc3ccccc23)cc1-c1cccc2ccccc12)C(F)(F)C(F)(F)C(F)(F)C(F)(F)F. The second-order valence-electron chi connectivity index (χ2n) is 31.7. The summed E-state index contributed by atoms with van der Waals surface area (Å²) in [4.78, 5) is -0.858. The highest BCUT2D eigenvalue weighted by Crippen LogP contribution is 2.81. The minimum Gasteiger partial charge on any atom is -0.202 e. The minimum absolute atomic E-state index is 0.0396. The fourth-order valence-corrected chi connectivity index (χ4v) is 24.9. The molecule has 0 heterocycles. The van der Waals surface area contributed by atoms with E-state index in [0.717, 1.165) is 32.3 Å². The van der Waals surface area contributed by atoms with E-state index in [9.17, 15) is 0 Å².